The zero-order chi connectivity index (χ0) is 24.5. The summed E-state index contributed by atoms with van der Waals surface area (Å²) in [5.74, 6) is -0.153. The van der Waals surface area contributed by atoms with Gasteiger partial charge in [0.05, 0.1) is 6.42 Å². The van der Waals surface area contributed by atoms with E-state index < -0.39 is 6.04 Å². The minimum Gasteiger partial charge on any atom is -0.352 e. The van der Waals surface area contributed by atoms with Crippen LogP contribution in [-0.4, -0.2) is 28.8 Å². The average Bonchev–Trinajstić information content (AvgIpc) is 2.88. The Morgan fingerprint density at radius 3 is 2.11 bits per heavy atom. The third-order valence-corrected chi connectivity index (χ3v) is 6.90. The van der Waals surface area contributed by atoms with Crippen molar-refractivity contribution in [3.8, 4) is 0 Å². The van der Waals surface area contributed by atoms with Gasteiger partial charge in [-0.05, 0) is 41.7 Å². The predicted molar refractivity (Wildman–Crippen MR) is 141 cm³/mol. The summed E-state index contributed by atoms with van der Waals surface area (Å²) >= 11 is 6.26. The zero-order valence-electron chi connectivity index (χ0n) is 20.0. The largest absolute Gasteiger partial charge is 0.352 e. The van der Waals surface area contributed by atoms with Crippen LogP contribution in [0.25, 0.3) is 0 Å². The maximum absolute atomic E-state index is 13.7. The highest BCUT2D eigenvalue weighted by Crippen LogP contribution is 2.21. The molecule has 0 radical (unpaired) electrons. The fourth-order valence-corrected chi connectivity index (χ4v) is 5.02. The van der Waals surface area contributed by atoms with E-state index in [1.165, 1.54) is 6.42 Å². The number of carbonyl (C=O) groups is 2. The van der Waals surface area contributed by atoms with Gasteiger partial charge in [-0.15, -0.1) is 0 Å². The first-order valence-electron chi connectivity index (χ1n) is 12.5. The topological polar surface area (TPSA) is 49.4 Å². The standard InChI is InChI=1S/C30H33ClN2O2/c31-26-16-10-15-25(19-26)22-33(29(34)21-24-13-6-2-7-14-24)28(20-23-11-4-1-5-12-23)30(35)32-27-17-8-3-9-18-27/h1-2,4-7,10-16,19,27-28H,3,8-9,17-18,20-22H2,(H,32,35). The molecule has 0 aromatic heterocycles. The van der Waals surface area contributed by atoms with Gasteiger partial charge in [0.25, 0.3) is 0 Å². The number of rotatable bonds is 9. The van der Waals surface area contributed by atoms with Gasteiger partial charge in [0, 0.05) is 24.0 Å². The fraction of sp³-hybridized carbons (Fsp3) is 0.333. The van der Waals surface area contributed by atoms with Gasteiger partial charge in [0.1, 0.15) is 6.04 Å². The molecule has 0 saturated heterocycles. The highest BCUT2D eigenvalue weighted by atomic mass is 35.5. The first-order valence-corrected chi connectivity index (χ1v) is 12.9. The highest BCUT2D eigenvalue weighted by molar-refractivity contribution is 6.30. The van der Waals surface area contributed by atoms with Crippen LogP contribution in [0.1, 0.15) is 48.8 Å². The third kappa shape index (κ3) is 7.43. The Morgan fingerprint density at radius 1 is 0.829 bits per heavy atom. The Labute approximate surface area is 213 Å². The van der Waals surface area contributed by atoms with E-state index in [0.717, 1.165) is 42.4 Å². The van der Waals surface area contributed by atoms with E-state index in [-0.39, 0.29) is 24.3 Å². The van der Waals surface area contributed by atoms with Crippen molar-refractivity contribution in [1.82, 2.24) is 10.2 Å². The van der Waals surface area contributed by atoms with Crippen molar-refractivity contribution in [3.05, 3.63) is 107 Å². The number of hydrogen-bond donors (Lipinski definition) is 1. The summed E-state index contributed by atoms with van der Waals surface area (Å²) in [5.41, 5.74) is 2.86. The molecule has 1 N–H and O–H groups in total. The molecule has 1 atom stereocenters. The van der Waals surface area contributed by atoms with E-state index in [4.69, 9.17) is 11.6 Å². The second-order valence-corrected chi connectivity index (χ2v) is 9.80. The molecule has 1 aliphatic carbocycles. The molecule has 5 heteroatoms. The van der Waals surface area contributed by atoms with Crippen molar-refractivity contribution in [1.29, 1.82) is 0 Å². The van der Waals surface area contributed by atoms with Crippen LogP contribution in [0.3, 0.4) is 0 Å². The number of nitrogens with one attached hydrogen (secondary N) is 1. The summed E-state index contributed by atoms with van der Waals surface area (Å²) in [5, 5.41) is 3.89. The molecule has 3 aromatic rings. The fourth-order valence-electron chi connectivity index (χ4n) is 4.80. The Hall–Kier alpha value is -3.11. The van der Waals surface area contributed by atoms with Crippen LogP contribution in [0.4, 0.5) is 0 Å². The number of amides is 2. The number of hydrogen-bond acceptors (Lipinski definition) is 2. The summed E-state index contributed by atoms with van der Waals surface area (Å²) in [4.78, 5) is 29.2. The molecule has 1 fully saturated rings. The van der Waals surface area contributed by atoms with Crippen molar-refractivity contribution >= 4 is 23.4 Å². The number of halogens is 1. The van der Waals surface area contributed by atoms with Crippen LogP contribution >= 0.6 is 11.6 Å². The summed E-state index contributed by atoms with van der Waals surface area (Å²) in [6.45, 7) is 0.321. The molecular weight excluding hydrogens is 456 g/mol. The maximum atomic E-state index is 13.7. The summed E-state index contributed by atoms with van der Waals surface area (Å²) < 4.78 is 0. The van der Waals surface area contributed by atoms with Crippen molar-refractivity contribution in [3.63, 3.8) is 0 Å². The Morgan fingerprint density at radius 2 is 1.46 bits per heavy atom. The van der Waals surface area contributed by atoms with E-state index in [9.17, 15) is 9.59 Å². The summed E-state index contributed by atoms with van der Waals surface area (Å²) in [6.07, 6.45) is 6.17. The van der Waals surface area contributed by atoms with Crippen molar-refractivity contribution in [2.75, 3.05) is 0 Å². The average molecular weight is 489 g/mol. The lowest BCUT2D eigenvalue weighted by Crippen LogP contribution is -2.53. The van der Waals surface area contributed by atoms with Crippen LogP contribution in [-0.2, 0) is 29.0 Å². The highest BCUT2D eigenvalue weighted by Gasteiger charge is 2.32. The van der Waals surface area contributed by atoms with Crippen LogP contribution in [0.15, 0.2) is 84.9 Å². The molecule has 1 saturated carbocycles. The monoisotopic (exact) mass is 488 g/mol. The van der Waals surface area contributed by atoms with Crippen LogP contribution in [0.5, 0.6) is 0 Å². The van der Waals surface area contributed by atoms with Crippen LogP contribution in [0.2, 0.25) is 5.02 Å². The third-order valence-electron chi connectivity index (χ3n) is 6.66. The van der Waals surface area contributed by atoms with Gasteiger partial charge in [0.2, 0.25) is 11.8 Å². The number of nitrogens with zero attached hydrogens (tertiary/aromatic N) is 1. The lowest BCUT2D eigenvalue weighted by Gasteiger charge is -2.33. The minimum absolute atomic E-state index is 0.0732. The molecule has 0 heterocycles. The number of benzene rings is 3. The Balaban J connectivity index is 1.64. The molecule has 4 rings (SSSR count). The Kier molecular flexibility index (Phi) is 8.96. The summed E-state index contributed by atoms with van der Waals surface area (Å²) in [6, 6.07) is 26.7. The van der Waals surface area contributed by atoms with E-state index in [2.05, 4.69) is 5.32 Å². The molecular formula is C30H33ClN2O2. The zero-order valence-corrected chi connectivity index (χ0v) is 20.8. The minimum atomic E-state index is -0.616. The van der Waals surface area contributed by atoms with E-state index >= 15 is 0 Å². The normalized spacial score (nSPS) is 14.8. The van der Waals surface area contributed by atoms with E-state index in [1.54, 1.807) is 4.90 Å². The SMILES string of the molecule is O=C(NC1CCCCC1)C(Cc1ccccc1)N(Cc1cccc(Cl)c1)C(=O)Cc1ccccc1. The van der Waals surface area contributed by atoms with Gasteiger partial charge >= 0.3 is 0 Å². The van der Waals surface area contributed by atoms with Gasteiger partial charge in [-0.1, -0.05) is 104 Å². The summed E-state index contributed by atoms with van der Waals surface area (Å²) in [7, 11) is 0. The Bertz CT molecular complexity index is 1100. The molecule has 0 spiro atoms. The molecule has 4 nitrogen and oxygen atoms in total. The van der Waals surface area contributed by atoms with E-state index in [0.29, 0.717) is 18.0 Å². The first-order chi connectivity index (χ1) is 17.1. The van der Waals surface area contributed by atoms with Crippen LogP contribution < -0.4 is 5.32 Å². The molecule has 0 bridgehead atoms. The van der Waals surface area contributed by atoms with Crippen molar-refractivity contribution < 1.29 is 9.59 Å². The predicted octanol–water partition coefficient (Wildman–Crippen LogP) is 5.97. The second-order valence-electron chi connectivity index (χ2n) is 9.36. The quantitative estimate of drug-likeness (QED) is 0.403. The molecule has 182 valence electrons. The lowest BCUT2D eigenvalue weighted by molar-refractivity contribution is -0.141. The first kappa shape index (κ1) is 25.0. The second kappa shape index (κ2) is 12.6. The van der Waals surface area contributed by atoms with Crippen molar-refractivity contribution in [2.24, 2.45) is 0 Å². The van der Waals surface area contributed by atoms with Gasteiger partial charge in [0.15, 0.2) is 0 Å². The van der Waals surface area contributed by atoms with Gasteiger partial charge in [-0.25, -0.2) is 0 Å². The molecule has 1 unspecified atom stereocenters. The van der Waals surface area contributed by atoms with Gasteiger partial charge < -0.3 is 10.2 Å². The molecule has 2 amide bonds. The molecule has 3 aromatic carbocycles. The lowest BCUT2D eigenvalue weighted by atomic mass is 9.94. The van der Waals surface area contributed by atoms with Gasteiger partial charge in [-0.3, -0.25) is 9.59 Å². The van der Waals surface area contributed by atoms with Crippen molar-refractivity contribution in [2.45, 2.75) is 63.6 Å². The van der Waals surface area contributed by atoms with E-state index in [1.807, 2.05) is 84.9 Å². The molecule has 0 aliphatic heterocycles. The molecule has 35 heavy (non-hydrogen) atoms. The number of carbonyl (C=O) groups excluding carboxylic acids is 2. The van der Waals surface area contributed by atoms with Gasteiger partial charge in [-0.2, -0.15) is 0 Å². The maximum Gasteiger partial charge on any atom is 0.243 e. The molecule has 1 aliphatic rings. The smallest absolute Gasteiger partial charge is 0.243 e. The van der Waals surface area contributed by atoms with Crippen LogP contribution in [0, 0.1) is 0 Å².